The molecule has 12 nitrogen and oxygen atoms in total. The van der Waals surface area contributed by atoms with Crippen LogP contribution in [0.5, 0.6) is 23.0 Å². The van der Waals surface area contributed by atoms with E-state index in [4.69, 9.17) is 0 Å². The van der Waals surface area contributed by atoms with Crippen molar-refractivity contribution in [1.29, 1.82) is 0 Å². The molecule has 1 aromatic carbocycles. The number of amides is 1. The Hall–Kier alpha value is -2.80. The summed E-state index contributed by atoms with van der Waals surface area (Å²) < 4.78 is 1.10. The highest BCUT2D eigenvalue weighted by molar-refractivity contribution is 6.10. The monoisotopic (exact) mass is 424 g/mol. The fourth-order valence-corrected chi connectivity index (χ4v) is 4.88. The summed E-state index contributed by atoms with van der Waals surface area (Å²) in [5.74, 6) is -4.05. The van der Waals surface area contributed by atoms with Gasteiger partial charge in [-0.2, -0.15) is 5.10 Å². The molecule has 2 fully saturated rings. The molecule has 2 aromatic rings. The van der Waals surface area contributed by atoms with Crippen LogP contribution in [-0.2, 0) is 7.05 Å². The molecule has 0 spiro atoms. The van der Waals surface area contributed by atoms with Gasteiger partial charge in [0.25, 0.3) is 5.91 Å². The van der Waals surface area contributed by atoms with Gasteiger partial charge in [0, 0.05) is 25.2 Å². The minimum absolute atomic E-state index is 0.120. The average molecular weight is 424 g/mol. The molecule has 3 heterocycles. The Morgan fingerprint density at radius 3 is 2.13 bits per heavy atom. The number of hydrogen-bond donors (Lipinski definition) is 8. The summed E-state index contributed by atoms with van der Waals surface area (Å²) in [6.07, 6.45) is -0.0885. The molecular weight excluding hydrogens is 400 g/mol. The number of nitrogens with one attached hydrogen (secondary N) is 1. The summed E-state index contributed by atoms with van der Waals surface area (Å²) in [5.41, 5.74) is -0.366. The van der Waals surface area contributed by atoms with E-state index in [1.165, 1.54) is 11.9 Å². The largest absolute Gasteiger partial charge is 0.504 e. The summed E-state index contributed by atoms with van der Waals surface area (Å²) in [6.45, 7) is 0. The van der Waals surface area contributed by atoms with Crippen LogP contribution in [0, 0.1) is 0 Å². The van der Waals surface area contributed by atoms with Crippen molar-refractivity contribution in [1.82, 2.24) is 20.0 Å². The first-order chi connectivity index (χ1) is 14.0. The van der Waals surface area contributed by atoms with Crippen LogP contribution < -0.4 is 5.32 Å². The average Bonchev–Trinajstić information content (AvgIpc) is 3.00. The molecule has 2 aliphatic heterocycles. The van der Waals surface area contributed by atoms with Crippen molar-refractivity contribution < 1.29 is 40.5 Å². The molecule has 2 atom stereocenters. The fraction of sp³-hybridized carbons (Fsp3) is 0.556. The van der Waals surface area contributed by atoms with Crippen LogP contribution in [-0.4, -0.2) is 80.6 Å². The normalized spacial score (nSPS) is 24.9. The molecule has 1 aromatic heterocycles. The fourth-order valence-electron chi connectivity index (χ4n) is 4.88. The van der Waals surface area contributed by atoms with Crippen LogP contribution in [0.4, 0.5) is 0 Å². The zero-order valence-corrected chi connectivity index (χ0v) is 16.1. The minimum atomic E-state index is -2.93. The second-order valence-corrected chi connectivity index (χ2v) is 7.98. The molecule has 164 valence electrons. The maximum absolute atomic E-state index is 12.9. The third kappa shape index (κ3) is 3.08. The van der Waals surface area contributed by atoms with E-state index in [0.29, 0.717) is 25.7 Å². The van der Waals surface area contributed by atoms with Crippen LogP contribution in [0.25, 0.3) is 10.9 Å². The summed E-state index contributed by atoms with van der Waals surface area (Å²) in [4.78, 5) is 14.2. The molecule has 1 amide bonds. The van der Waals surface area contributed by atoms with Gasteiger partial charge in [-0.1, -0.05) is 6.42 Å². The van der Waals surface area contributed by atoms with E-state index in [1.807, 2.05) is 0 Å². The number of benzene rings is 1. The van der Waals surface area contributed by atoms with E-state index >= 15 is 0 Å². The van der Waals surface area contributed by atoms with Crippen LogP contribution in [0.15, 0.2) is 0 Å². The zero-order valence-electron chi connectivity index (χ0n) is 16.1. The highest BCUT2D eigenvalue weighted by atomic mass is 16.7. The van der Waals surface area contributed by atoms with E-state index in [9.17, 15) is 40.5 Å². The minimum Gasteiger partial charge on any atom is -0.504 e. The predicted octanol–water partition coefficient (Wildman–Crippen LogP) is -0.901. The molecule has 2 saturated heterocycles. The van der Waals surface area contributed by atoms with Crippen LogP contribution in [0.1, 0.15) is 42.6 Å². The van der Waals surface area contributed by atoms with Crippen molar-refractivity contribution in [3.8, 4) is 23.0 Å². The van der Waals surface area contributed by atoms with E-state index in [1.54, 1.807) is 0 Å². The van der Waals surface area contributed by atoms with Crippen molar-refractivity contribution >= 4 is 16.8 Å². The Kier molecular flexibility index (Phi) is 4.69. The topological polar surface area (TPSA) is 192 Å². The van der Waals surface area contributed by atoms with Gasteiger partial charge in [-0.3, -0.25) is 9.48 Å². The van der Waals surface area contributed by atoms with Gasteiger partial charge in [0.2, 0.25) is 11.5 Å². The quantitative estimate of drug-likeness (QED) is 0.174. The lowest BCUT2D eigenvalue weighted by atomic mass is 9.81. The predicted molar refractivity (Wildman–Crippen MR) is 101 cm³/mol. The SMILES string of the molecule is Cn1nc(C(=O)NC2CC3CCCC(C2)N3C(O)(O)O)c2c(O)c(O)c(O)c(O)c21. The first-order valence-corrected chi connectivity index (χ1v) is 9.59. The lowest BCUT2D eigenvalue weighted by molar-refractivity contribution is -0.416. The molecular formula is C18H24N4O8. The van der Waals surface area contributed by atoms with Gasteiger partial charge in [0.15, 0.2) is 17.2 Å². The molecule has 0 radical (unpaired) electrons. The van der Waals surface area contributed by atoms with Crippen molar-refractivity contribution in [2.45, 2.75) is 56.3 Å². The molecule has 0 saturated carbocycles. The molecule has 8 N–H and O–H groups in total. The number of aromatic nitrogens is 2. The highest BCUT2D eigenvalue weighted by Gasteiger charge is 2.47. The van der Waals surface area contributed by atoms with Gasteiger partial charge in [-0.15, -0.1) is 0 Å². The number of aliphatic hydroxyl groups is 3. The molecule has 2 bridgehead atoms. The summed E-state index contributed by atoms with van der Waals surface area (Å²) >= 11 is 0. The number of piperidine rings is 2. The number of carbonyl (C=O) groups is 1. The number of rotatable bonds is 3. The van der Waals surface area contributed by atoms with Crippen molar-refractivity contribution in [2.75, 3.05) is 0 Å². The maximum Gasteiger partial charge on any atom is 0.346 e. The van der Waals surface area contributed by atoms with Crippen molar-refractivity contribution in [2.24, 2.45) is 7.05 Å². The van der Waals surface area contributed by atoms with Gasteiger partial charge in [0.1, 0.15) is 5.52 Å². The molecule has 2 aliphatic rings. The maximum atomic E-state index is 12.9. The van der Waals surface area contributed by atoms with E-state index in [-0.39, 0.29) is 34.7 Å². The number of hydrogen-bond acceptors (Lipinski definition) is 10. The van der Waals surface area contributed by atoms with E-state index < -0.39 is 35.0 Å². The first kappa shape index (κ1) is 20.5. The summed E-state index contributed by atoms with van der Waals surface area (Å²) in [6, 6.07) is -1.05. The smallest absolute Gasteiger partial charge is 0.346 e. The number of fused-ring (bicyclic) bond motifs is 3. The third-order valence-corrected chi connectivity index (χ3v) is 6.05. The van der Waals surface area contributed by atoms with E-state index in [2.05, 4.69) is 10.4 Å². The van der Waals surface area contributed by atoms with Gasteiger partial charge in [-0.25, -0.2) is 4.90 Å². The number of nitrogens with zero attached hydrogens (tertiary/aromatic N) is 3. The molecule has 12 heteroatoms. The van der Waals surface area contributed by atoms with Crippen LogP contribution in [0.3, 0.4) is 0 Å². The van der Waals surface area contributed by atoms with E-state index in [0.717, 1.165) is 11.1 Å². The number of aromatic hydroxyl groups is 4. The zero-order chi connectivity index (χ0) is 22.0. The van der Waals surface area contributed by atoms with Crippen molar-refractivity contribution in [3.05, 3.63) is 5.69 Å². The molecule has 2 unspecified atom stereocenters. The van der Waals surface area contributed by atoms with Gasteiger partial charge in [0.05, 0.1) is 5.39 Å². The Morgan fingerprint density at radius 2 is 1.57 bits per heavy atom. The van der Waals surface area contributed by atoms with Gasteiger partial charge >= 0.3 is 6.10 Å². The summed E-state index contributed by atoms with van der Waals surface area (Å²) in [7, 11) is 1.40. The Labute approximate surface area is 170 Å². The molecule has 30 heavy (non-hydrogen) atoms. The number of aryl methyl sites for hydroxylation is 1. The Morgan fingerprint density at radius 1 is 1.00 bits per heavy atom. The lowest BCUT2D eigenvalue weighted by Gasteiger charge is -2.51. The number of phenolic OH excluding ortho intramolecular Hbond substituents is 4. The van der Waals surface area contributed by atoms with Crippen LogP contribution in [0.2, 0.25) is 0 Å². The van der Waals surface area contributed by atoms with Crippen molar-refractivity contribution in [3.63, 3.8) is 0 Å². The lowest BCUT2D eigenvalue weighted by Crippen LogP contribution is -2.65. The van der Waals surface area contributed by atoms with Gasteiger partial charge in [-0.05, 0) is 25.7 Å². The molecule has 4 rings (SSSR count). The standard InChI is InChI=1S/C18H24N4O8/c1-21-12-10(13(23)15(25)16(26)14(12)24)11(20-21)17(27)19-7-5-8-3-2-4-9(6-7)22(8)18(28,29)30/h7-9,23-26,28-30H,2-6H2,1H3,(H,19,27). The van der Waals surface area contributed by atoms with Crippen LogP contribution >= 0.6 is 0 Å². The Bertz CT molecular complexity index is 1000. The third-order valence-electron chi connectivity index (χ3n) is 6.05. The van der Waals surface area contributed by atoms with Gasteiger partial charge < -0.3 is 41.1 Å². The number of carbonyl (C=O) groups excluding carboxylic acids is 1. The molecule has 0 aliphatic carbocycles. The summed E-state index contributed by atoms with van der Waals surface area (Å²) in [5, 5.41) is 75.5. The second kappa shape index (κ2) is 6.87. The first-order valence-electron chi connectivity index (χ1n) is 9.59. The second-order valence-electron chi connectivity index (χ2n) is 7.98. The number of phenols is 4. The Balaban J connectivity index is 1.62. The highest BCUT2D eigenvalue weighted by Crippen LogP contribution is 2.49.